The lowest BCUT2D eigenvalue weighted by Crippen LogP contribution is -2.16. The lowest BCUT2D eigenvalue weighted by Gasteiger charge is -2.08. The first-order chi connectivity index (χ1) is 11.2. The minimum Gasteiger partial charge on any atom is -0.437 e. The maximum atomic E-state index is 12.4. The van der Waals surface area contributed by atoms with Gasteiger partial charge in [0.25, 0.3) is 0 Å². The Morgan fingerprint density at radius 1 is 1.09 bits per heavy atom. The van der Waals surface area contributed by atoms with Crippen LogP contribution >= 0.6 is 15.9 Å². The van der Waals surface area contributed by atoms with E-state index >= 15 is 0 Å². The molecule has 1 N–H and O–H groups in total. The van der Waals surface area contributed by atoms with E-state index in [-0.39, 0.29) is 5.90 Å². The van der Waals surface area contributed by atoms with Gasteiger partial charge in [0, 0.05) is 4.47 Å². The first-order valence-corrected chi connectivity index (χ1v) is 7.69. The molecular formula is C17H10BrNO4. The molecule has 0 bridgehead atoms. The highest BCUT2D eigenvalue weighted by atomic mass is 79.9. The number of para-hydroxylation sites is 1. The highest BCUT2D eigenvalue weighted by molar-refractivity contribution is 9.10. The summed E-state index contributed by atoms with van der Waals surface area (Å²) < 4.78 is 12.0. The SMILES string of the molecule is O=c1oc2ccccc2c2c1C(c1ccc(Br)cc1)/C(=N\O)O2. The third-order valence-corrected chi connectivity index (χ3v) is 4.37. The van der Waals surface area contributed by atoms with Gasteiger partial charge >= 0.3 is 5.63 Å². The third-order valence-electron chi connectivity index (χ3n) is 3.84. The average Bonchev–Trinajstić information content (AvgIpc) is 2.96. The van der Waals surface area contributed by atoms with E-state index in [9.17, 15) is 10.0 Å². The Morgan fingerprint density at radius 2 is 1.83 bits per heavy atom. The molecule has 0 amide bonds. The minimum atomic E-state index is -0.594. The molecule has 4 rings (SSSR count). The van der Waals surface area contributed by atoms with Crippen LogP contribution < -0.4 is 10.4 Å². The predicted molar refractivity (Wildman–Crippen MR) is 88.3 cm³/mol. The molecule has 5 nitrogen and oxygen atoms in total. The average molecular weight is 372 g/mol. The van der Waals surface area contributed by atoms with Crippen molar-refractivity contribution in [2.75, 3.05) is 0 Å². The van der Waals surface area contributed by atoms with Crippen molar-refractivity contribution >= 4 is 32.8 Å². The van der Waals surface area contributed by atoms with Gasteiger partial charge in [0.05, 0.1) is 16.9 Å². The molecule has 0 saturated heterocycles. The van der Waals surface area contributed by atoms with Gasteiger partial charge in [-0.1, -0.05) is 45.4 Å². The summed E-state index contributed by atoms with van der Waals surface area (Å²) in [5.74, 6) is -0.146. The molecule has 1 aliphatic rings. The Morgan fingerprint density at radius 3 is 2.57 bits per heavy atom. The summed E-state index contributed by atoms with van der Waals surface area (Å²) >= 11 is 3.37. The molecule has 0 saturated carbocycles. The van der Waals surface area contributed by atoms with Crippen LogP contribution in [-0.2, 0) is 0 Å². The van der Waals surface area contributed by atoms with Gasteiger partial charge in [0.1, 0.15) is 5.58 Å². The summed E-state index contributed by atoms with van der Waals surface area (Å²) in [6.45, 7) is 0. The normalized spacial score (nSPS) is 18.1. The third kappa shape index (κ3) is 2.14. The van der Waals surface area contributed by atoms with Gasteiger partial charge in [-0.05, 0) is 29.8 Å². The van der Waals surface area contributed by atoms with E-state index < -0.39 is 11.5 Å². The molecule has 1 aromatic heterocycles. The Hall–Kier alpha value is -2.60. The molecule has 114 valence electrons. The van der Waals surface area contributed by atoms with Crippen LogP contribution in [0.15, 0.2) is 67.4 Å². The lowest BCUT2D eigenvalue weighted by molar-refractivity contribution is 0.303. The Balaban J connectivity index is 2.02. The summed E-state index contributed by atoms with van der Waals surface area (Å²) in [5.41, 5.74) is 1.07. The molecule has 1 unspecified atom stereocenters. The Bertz CT molecular complexity index is 992. The zero-order valence-corrected chi connectivity index (χ0v) is 13.3. The van der Waals surface area contributed by atoms with Gasteiger partial charge in [-0.2, -0.15) is 0 Å². The van der Waals surface area contributed by atoms with Crippen LogP contribution in [0.2, 0.25) is 0 Å². The van der Waals surface area contributed by atoms with E-state index in [1.807, 2.05) is 30.3 Å². The van der Waals surface area contributed by atoms with Crippen LogP contribution in [0.4, 0.5) is 0 Å². The molecule has 2 aromatic carbocycles. The van der Waals surface area contributed by atoms with Crippen molar-refractivity contribution < 1.29 is 14.4 Å². The highest BCUT2D eigenvalue weighted by Crippen LogP contribution is 2.41. The highest BCUT2D eigenvalue weighted by Gasteiger charge is 2.38. The first-order valence-electron chi connectivity index (χ1n) is 6.90. The van der Waals surface area contributed by atoms with Gasteiger partial charge in [-0.3, -0.25) is 0 Å². The second-order valence-electron chi connectivity index (χ2n) is 5.15. The summed E-state index contributed by atoms with van der Waals surface area (Å²) in [7, 11) is 0. The van der Waals surface area contributed by atoms with Crippen molar-refractivity contribution in [1.82, 2.24) is 0 Å². The standard InChI is InChI=1S/C17H10BrNO4/c18-10-7-5-9(6-8-10)13-14-15(23-16(13)19-21)11-3-1-2-4-12(11)22-17(14)20/h1-8,13,21H/b19-16+. The molecular weight excluding hydrogens is 362 g/mol. The number of ether oxygens (including phenoxy) is 1. The number of benzene rings is 2. The topological polar surface area (TPSA) is 72.0 Å². The molecule has 1 aliphatic heterocycles. The van der Waals surface area contributed by atoms with Crippen LogP contribution in [0, 0.1) is 0 Å². The fourth-order valence-electron chi connectivity index (χ4n) is 2.82. The molecule has 0 radical (unpaired) electrons. The van der Waals surface area contributed by atoms with E-state index in [2.05, 4.69) is 21.1 Å². The zero-order valence-electron chi connectivity index (χ0n) is 11.7. The number of nitrogens with zero attached hydrogens (tertiary/aromatic N) is 1. The molecule has 0 aliphatic carbocycles. The zero-order chi connectivity index (χ0) is 16.0. The Kier molecular flexibility index (Phi) is 3.20. The van der Waals surface area contributed by atoms with Crippen molar-refractivity contribution in [2.24, 2.45) is 5.16 Å². The Labute approximate surface area is 138 Å². The molecule has 1 atom stereocenters. The van der Waals surface area contributed by atoms with Crippen molar-refractivity contribution in [2.45, 2.75) is 5.92 Å². The van der Waals surface area contributed by atoms with Gasteiger partial charge in [0.2, 0.25) is 5.90 Å². The van der Waals surface area contributed by atoms with Crippen molar-refractivity contribution in [3.63, 3.8) is 0 Å². The monoisotopic (exact) mass is 371 g/mol. The summed E-state index contributed by atoms with van der Waals surface area (Å²) in [6, 6.07) is 14.5. The molecule has 23 heavy (non-hydrogen) atoms. The lowest BCUT2D eigenvalue weighted by atomic mass is 9.93. The summed E-state index contributed by atoms with van der Waals surface area (Å²) in [6.07, 6.45) is 0. The quantitative estimate of drug-likeness (QED) is 0.400. The van der Waals surface area contributed by atoms with E-state index in [4.69, 9.17) is 9.15 Å². The van der Waals surface area contributed by atoms with Crippen molar-refractivity contribution in [1.29, 1.82) is 0 Å². The maximum absolute atomic E-state index is 12.4. The number of rotatable bonds is 1. The van der Waals surface area contributed by atoms with Crippen LogP contribution in [0.25, 0.3) is 11.0 Å². The largest absolute Gasteiger partial charge is 0.437 e. The number of fused-ring (bicyclic) bond motifs is 3. The van der Waals surface area contributed by atoms with Crippen molar-refractivity contribution in [3.8, 4) is 5.75 Å². The van der Waals surface area contributed by atoms with E-state index in [1.54, 1.807) is 18.2 Å². The maximum Gasteiger partial charge on any atom is 0.344 e. The number of hydrogen-bond donors (Lipinski definition) is 1. The molecule has 0 fully saturated rings. The van der Waals surface area contributed by atoms with Gasteiger partial charge in [-0.25, -0.2) is 4.79 Å². The smallest absolute Gasteiger partial charge is 0.344 e. The fraction of sp³-hybridized carbons (Fsp3) is 0.0588. The second-order valence-corrected chi connectivity index (χ2v) is 6.07. The second kappa shape index (κ2) is 5.24. The molecule has 2 heterocycles. The van der Waals surface area contributed by atoms with E-state index in [1.165, 1.54) is 0 Å². The van der Waals surface area contributed by atoms with Crippen LogP contribution in [-0.4, -0.2) is 11.1 Å². The molecule has 3 aromatic rings. The van der Waals surface area contributed by atoms with E-state index in [0.717, 1.165) is 10.0 Å². The summed E-state index contributed by atoms with van der Waals surface area (Å²) in [5, 5.41) is 13.2. The number of oxime groups is 1. The van der Waals surface area contributed by atoms with Gasteiger partial charge in [-0.15, -0.1) is 0 Å². The fourth-order valence-corrected chi connectivity index (χ4v) is 3.09. The minimum absolute atomic E-state index is 0.0611. The number of halogens is 1. The predicted octanol–water partition coefficient (Wildman–Crippen LogP) is 3.87. The van der Waals surface area contributed by atoms with Gasteiger partial charge in [0.15, 0.2) is 5.75 Å². The molecule has 0 spiro atoms. The summed E-state index contributed by atoms with van der Waals surface area (Å²) in [4.78, 5) is 12.4. The van der Waals surface area contributed by atoms with Crippen LogP contribution in [0.5, 0.6) is 5.75 Å². The van der Waals surface area contributed by atoms with Crippen molar-refractivity contribution in [3.05, 3.63) is 74.6 Å². The van der Waals surface area contributed by atoms with Crippen LogP contribution in [0.1, 0.15) is 17.0 Å². The van der Waals surface area contributed by atoms with Gasteiger partial charge < -0.3 is 14.4 Å². The first kappa shape index (κ1) is 14.0. The van der Waals surface area contributed by atoms with Crippen LogP contribution in [0.3, 0.4) is 0 Å². The molecule has 6 heteroatoms. The number of hydrogen-bond acceptors (Lipinski definition) is 5. The van der Waals surface area contributed by atoms with E-state index in [0.29, 0.717) is 22.3 Å².